The number of allylic oxidation sites excluding steroid dienone is 1. The third-order valence-corrected chi connectivity index (χ3v) is 3.92. The molecule has 0 radical (unpaired) electrons. The normalized spacial score (nSPS) is 16.7. The average molecular weight is 314 g/mol. The second-order valence-corrected chi connectivity index (χ2v) is 5.49. The summed E-state index contributed by atoms with van der Waals surface area (Å²) in [5.74, 6) is 0.113. The van der Waals surface area contributed by atoms with E-state index in [1.54, 1.807) is 24.3 Å². The van der Waals surface area contributed by atoms with Gasteiger partial charge in [0.2, 0.25) is 0 Å². The number of rotatable bonds is 5. The Morgan fingerprint density at radius 1 is 1.25 bits per heavy atom. The van der Waals surface area contributed by atoms with Crippen LogP contribution >= 0.6 is 23.2 Å². The predicted octanol–water partition coefficient (Wildman–Crippen LogP) is 3.30. The summed E-state index contributed by atoms with van der Waals surface area (Å²) in [6.07, 6.45) is 3.89. The summed E-state index contributed by atoms with van der Waals surface area (Å²) < 4.78 is 5.27. The van der Waals surface area contributed by atoms with Gasteiger partial charge in [-0.15, -0.1) is 0 Å². The lowest BCUT2D eigenvalue weighted by Gasteiger charge is -2.25. The fourth-order valence-corrected chi connectivity index (χ4v) is 2.29. The molecule has 108 valence electrons. The van der Waals surface area contributed by atoms with Crippen LogP contribution in [-0.2, 0) is 9.53 Å². The molecule has 1 aliphatic rings. The van der Waals surface area contributed by atoms with Gasteiger partial charge in [0.25, 0.3) is 0 Å². The first-order valence-electron chi connectivity index (χ1n) is 6.61. The Balaban J connectivity index is 1.80. The van der Waals surface area contributed by atoms with Gasteiger partial charge in [-0.25, -0.2) is 0 Å². The van der Waals surface area contributed by atoms with Crippen LogP contribution < -0.4 is 0 Å². The molecule has 1 saturated heterocycles. The first kappa shape index (κ1) is 15.5. The number of ether oxygens (including phenoxy) is 1. The molecule has 1 aromatic carbocycles. The van der Waals surface area contributed by atoms with Gasteiger partial charge in [-0.1, -0.05) is 35.3 Å². The summed E-state index contributed by atoms with van der Waals surface area (Å²) in [4.78, 5) is 14.1. The summed E-state index contributed by atoms with van der Waals surface area (Å²) in [5.41, 5.74) is 0.874. The van der Waals surface area contributed by atoms with E-state index in [0.717, 1.165) is 38.4 Å². The highest BCUT2D eigenvalue weighted by atomic mass is 35.5. The lowest BCUT2D eigenvalue weighted by atomic mass is 10.1. The molecule has 0 bridgehead atoms. The van der Waals surface area contributed by atoms with Gasteiger partial charge in [-0.05, 0) is 23.8 Å². The summed E-state index contributed by atoms with van der Waals surface area (Å²) in [6, 6.07) is 5.30. The number of morpholine rings is 1. The standard InChI is InChI=1S/C15H17Cl2NO2/c16-14-4-2-12(11-15(14)17)1-3-13(19)5-6-18-7-9-20-10-8-18/h1-4,11H,5-10H2. The van der Waals surface area contributed by atoms with E-state index in [4.69, 9.17) is 27.9 Å². The zero-order valence-corrected chi connectivity index (χ0v) is 12.7. The van der Waals surface area contributed by atoms with E-state index < -0.39 is 0 Å². The Labute approximate surface area is 129 Å². The van der Waals surface area contributed by atoms with Crippen molar-refractivity contribution in [1.29, 1.82) is 0 Å². The Bertz CT molecular complexity index is 497. The second kappa shape index (κ2) is 7.79. The van der Waals surface area contributed by atoms with Crippen LogP contribution in [0.2, 0.25) is 10.0 Å². The molecule has 0 N–H and O–H groups in total. The van der Waals surface area contributed by atoms with Crippen LogP contribution in [0.5, 0.6) is 0 Å². The van der Waals surface area contributed by atoms with E-state index in [1.807, 2.05) is 6.07 Å². The quantitative estimate of drug-likeness (QED) is 0.781. The van der Waals surface area contributed by atoms with Gasteiger partial charge in [0.05, 0.1) is 23.3 Å². The average Bonchev–Trinajstić information content (AvgIpc) is 2.47. The molecule has 20 heavy (non-hydrogen) atoms. The van der Waals surface area contributed by atoms with Crippen LogP contribution in [0.3, 0.4) is 0 Å². The maximum atomic E-state index is 11.8. The highest BCUT2D eigenvalue weighted by molar-refractivity contribution is 6.42. The van der Waals surface area contributed by atoms with E-state index in [-0.39, 0.29) is 5.78 Å². The number of halogens is 2. The fourth-order valence-electron chi connectivity index (χ4n) is 1.98. The van der Waals surface area contributed by atoms with Gasteiger partial charge in [0.15, 0.2) is 5.78 Å². The van der Waals surface area contributed by atoms with Crippen molar-refractivity contribution in [2.24, 2.45) is 0 Å². The van der Waals surface area contributed by atoms with Crippen molar-refractivity contribution in [2.75, 3.05) is 32.8 Å². The molecular weight excluding hydrogens is 297 g/mol. The zero-order valence-electron chi connectivity index (χ0n) is 11.1. The highest BCUT2D eigenvalue weighted by Crippen LogP contribution is 2.23. The molecule has 0 atom stereocenters. The van der Waals surface area contributed by atoms with Gasteiger partial charge in [-0.2, -0.15) is 0 Å². The first-order chi connectivity index (χ1) is 9.65. The summed E-state index contributed by atoms with van der Waals surface area (Å²) in [7, 11) is 0. The van der Waals surface area contributed by atoms with Crippen LogP contribution in [0.15, 0.2) is 24.3 Å². The van der Waals surface area contributed by atoms with Crippen molar-refractivity contribution < 1.29 is 9.53 Å². The van der Waals surface area contributed by atoms with Crippen molar-refractivity contribution in [1.82, 2.24) is 4.90 Å². The summed E-state index contributed by atoms with van der Waals surface area (Å²) in [5, 5.41) is 1.01. The van der Waals surface area contributed by atoms with Crippen LogP contribution in [0.1, 0.15) is 12.0 Å². The van der Waals surface area contributed by atoms with E-state index in [1.165, 1.54) is 0 Å². The Morgan fingerprint density at radius 3 is 2.70 bits per heavy atom. The number of hydrogen-bond donors (Lipinski definition) is 0. The third kappa shape index (κ3) is 4.91. The van der Waals surface area contributed by atoms with Gasteiger partial charge in [0, 0.05) is 26.1 Å². The number of ketones is 1. The smallest absolute Gasteiger partial charge is 0.156 e. The van der Waals surface area contributed by atoms with E-state index in [0.29, 0.717) is 16.5 Å². The maximum Gasteiger partial charge on any atom is 0.156 e. The molecule has 0 spiro atoms. The topological polar surface area (TPSA) is 29.5 Å². The SMILES string of the molecule is O=C(C=Cc1ccc(Cl)c(Cl)c1)CCN1CCOCC1. The van der Waals surface area contributed by atoms with Crippen LogP contribution in [-0.4, -0.2) is 43.5 Å². The van der Waals surface area contributed by atoms with Crippen molar-refractivity contribution in [2.45, 2.75) is 6.42 Å². The lowest BCUT2D eigenvalue weighted by Crippen LogP contribution is -2.37. The van der Waals surface area contributed by atoms with E-state index >= 15 is 0 Å². The number of benzene rings is 1. The molecule has 0 saturated carbocycles. The Hall–Kier alpha value is -0.870. The van der Waals surface area contributed by atoms with Crippen molar-refractivity contribution >= 4 is 35.1 Å². The molecule has 5 heteroatoms. The molecule has 3 nitrogen and oxygen atoms in total. The van der Waals surface area contributed by atoms with Crippen LogP contribution in [0.4, 0.5) is 0 Å². The molecule has 0 aromatic heterocycles. The second-order valence-electron chi connectivity index (χ2n) is 4.68. The minimum absolute atomic E-state index is 0.113. The minimum atomic E-state index is 0.113. The molecule has 0 unspecified atom stereocenters. The lowest BCUT2D eigenvalue weighted by molar-refractivity contribution is -0.115. The molecule has 0 amide bonds. The largest absolute Gasteiger partial charge is 0.379 e. The van der Waals surface area contributed by atoms with Gasteiger partial charge < -0.3 is 4.74 Å². The van der Waals surface area contributed by atoms with Crippen LogP contribution in [0, 0.1) is 0 Å². The van der Waals surface area contributed by atoms with Gasteiger partial charge >= 0.3 is 0 Å². The molecule has 1 heterocycles. The molecule has 1 aliphatic heterocycles. The fraction of sp³-hybridized carbons (Fsp3) is 0.400. The van der Waals surface area contributed by atoms with Crippen molar-refractivity contribution in [3.8, 4) is 0 Å². The van der Waals surface area contributed by atoms with Gasteiger partial charge in [-0.3, -0.25) is 9.69 Å². The number of carbonyl (C=O) groups excluding carboxylic acids is 1. The molecule has 1 fully saturated rings. The molecule has 1 aromatic rings. The number of nitrogens with zero attached hydrogens (tertiary/aromatic N) is 1. The third-order valence-electron chi connectivity index (χ3n) is 3.18. The van der Waals surface area contributed by atoms with E-state index in [2.05, 4.69) is 4.90 Å². The molecule has 2 rings (SSSR count). The predicted molar refractivity (Wildman–Crippen MR) is 82.4 cm³/mol. The maximum absolute atomic E-state index is 11.8. The summed E-state index contributed by atoms with van der Waals surface area (Å²) in [6.45, 7) is 4.11. The first-order valence-corrected chi connectivity index (χ1v) is 7.37. The highest BCUT2D eigenvalue weighted by Gasteiger charge is 2.10. The monoisotopic (exact) mass is 313 g/mol. The Morgan fingerprint density at radius 2 is 2.00 bits per heavy atom. The van der Waals surface area contributed by atoms with Crippen LogP contribution in [0.25, 0.3) is 6.08 Å². The minimum Gasteiger partial charge on any atom is -0.379 e. The zero-order chi connectivity index (χ0) is 14.4. The van der Waals surface area contributed by atoms with Gasteiger partial charge in [0.1, 0.15) is 0 Å². The molecular formula is C15H17Cl2NO2. The Kier molecular flexibility index (Phi) is 6.05. The van der Waals surface area contributed by atoms with Crippen molar-refractivity contribution in [3.63, 3.8) is 0 Å². The van der Waals surface area contributed by atoms with E-state index in [9.17, 15) is 4.79 Å². The summed E-state index contributed by atoms with van der Waals surface area (Å²) >= 11 is 11.8. The number of hydrogen-bond acceptors (Lipinski definition) is 3. The number of carbonyl (C=O) groups is 1. The molecule has 0 aliphatic carbocycles. The van der Waals surface area contributed by atoms with Crippen molar-refractivity contribution in [3.05, 3.63) is 39.9 Å².